The van der Waals surface area contributed by atoms with Gasteiger partial charge in [-0.2, -0.15) is 0 Å². The maximum atomic E-state index is 4.29. The van der Waals surface area contributed by atoms with Crippen LogP contribution >= 0.6 is 0 Å². The van der Waals surface area contributed by atoms with E-state index in [1.165, 1.54) is 31.6 Å². The lowest BCUT2D eigenvalue weighted by molar-refractivity contribution is 0.949. The first-order valence-electron chi connectivity index (χ1n) is 6.06. The Morgan fingerprint density at radius 3 is 2.47 bits per heavy atom. The Labute approximate surface area is 101 Å². The molecule has 0 spiro atoms. The lowest BCUT2D eigenvalue weighted by atomic mass is 10.2. The predicted octanol–water partition coefficient (Wildman–Crippen LogP) is 2.74. The van der Waals surface area contributed by atoms with E-state index in [9.17, 15) is 0 Å². The summed E-state index contributed by atoms with van der Waals surface area (Å²) in [5.74, 6) is 0.800. The van der Waals surface area contributed by atoms with Crippen LogP contribution in [0.5, 0.6) is 0 Å². The highest BCUT2D eigenvalue weighted by molar-refractivity contribution is 5.63. The van der Waals surface area contributed by atoms with E-state index in [0.717, 1.165) is 11.4 Å². The Balaban J connectivity index is 1.94. The Morgan fingerprint density at radius 2 is 1.71 bits per heavy atom. The second-order valence-corrected chi connectivity index (χ2v) is 4.32. The van der Waals surface area contributed by atoms with Crippen molar-refractivity contribution in [1.29, 1.82) is 0 Å². The molecule has 0 saturated carbocycles. The Bertz CT molecular complexity index is 490. The molecule has 3 nitrogen and oxygen atoms in total. The van der Waals surface area contributed by atoms with Crippen molar-refractivity contribution in [1.82, 2.24) is 9.97 Å². The van der Waals surface area contributed by atoms with Crippen LogP contribution in [0, 0.1) is 0 Å². The summed E-state index contributed by atoms with van der Waals surface area (Å²) in [6.07, 6.45) is 6.16. The van der Waals surface area contributed by atoms with Crippen LogP contribution in [0.1, 0.15) is 12.8 Å². The van der Waals surface area contributed by atoms with Crippen molar-refractivity contribution in [3.8, 4) is 11.4 Å². The molecule has 0 N–H and O–H groups in total. The molecule has 0 bridgehead atoms. The van der Waals surface area contributed by atoms with Crippen LogP contribution in [0.2, 0.25) is 0 Å². The minimum absolute atomic E-state index is 0.800. The van der Waals surface area contributed by atoms with Crippen molar-refractivity contribution in [2.75, 3.05) is 18.0 Å². The molecule has 3 heteroatoms. The molecule has 0 radical (unpaired) electrons. The van der Waals surface area contributed by atoms with E-state index in [4.69, 9.17) is 0 Å². The Morgan fingerprint density at radius 1 is 0.941 bits per heavy atom. The van der Waals surface area contributed by atoms with Gasteiger partial charge in [0.05, 0.1) is 0 Å². The molecule has 1 aromatic heterocycles. The van der Waals surface area contributed by atoms with Crippen LogP contribution < -0.4 is 4.90 Å². The molecule has 2 heterocycles. The highest BCUT2D eigenvalue weighted by Crippen LogP contribution is 2.24. The molecule has 3 rings (SSSR count). The number of aromatic nitrogens is 2. The van der Waals surface area contributed by atoms with Crippen LogP contribution in [0.3, 0.4) is 0 Å². The van der Waals surface area contributed by atoms with E-state index in [0.29, 0.717) is 0 Å². The monoisotopic (exact) mass is 225 g/mol. The van der Waals surface area contributed by atoms with E-state index in [1.807, 2.05) is 6.07 Å². The first-order valence-corrected chi connectivity index (χ1v) is 6.06. The number of hydrogen-bond acceptors (Lipinski definition) is 3. The first kappa shape index (κ1) is 10.3. The van der Waals surface area contributed by atoms with Crippen molar-refractivity contribution in [3.63, 3.8) is 0 Å². The highest BCUT2D eigenvalue weighted by atomic mass is 15.1. The van der Waals surface area contributed by atoms with Gasteiger partial charge in [0.2, 0.25) is 0 Å². The zero-order chi connectivity index (χ0) is 11.5. The van der Waals surface area contributed by atoms with Crippen LogP contribution in [-0.2, 0) is 0 Å². The van der Waals surface area contributed by atoms with Crippen molar-refractivity contribution in [3.05, 3.63) is 42.7 Å². The standard InChI is InChI=1S/C14H15N3/c1-2-10-17(9-1)13-6-3-5-12(11-13)14-15-7-4-8-16-14/h3-8,11H,1-2,9-10H2. The van der Waals surface area contributed by atoms with E-state index < -0.39 is 0 Å². The lowest BCUT2D eigenvalue weighted by Crippen LogP contribution is -2.17. The van der Waals surface area contributed by atoms with E-state index in [1.54, 1.807) is 12.4 Å². The second kappa shape index (κ2) is 4.53. The minimum atomic E-state index is 0.800. The average Bonchev–Trinajstić information content (AvgIpc) is 2.94. The summed E-state index contributed by atoms with van der Waals surface area (Å²) in [6.45, 7) is 2.33. The van der Waals surface area contributed by atoms with Gasteiger partial charge in [0.15, 0.2) is 5.82 Å². The molecule has 1 aliphatic rings. The van der Waals surface area contributed by atoms with Crippen molar-refractivity contribution in [2.24, 2.45) is 0 Å². The van der Waals surface area contributed by atoms with Crippen LogP contribution in [-0.4, -0.2) is 23.1 Å². The number of hydrogen-bond donors (Lipinski definition) is 0. The summed E-state index contributed by atoms with van der Waals surface area (Å²) < 4.78 is 0. The molecule has 86 valence electrons. The molecule has 0 atom stereocenters. The van der Waals surface area contributed by atoms with Crippen molar-refractivity contribution < 1.29 is 0 Å². The molecule has 2 aromatic rings. The van der Waals surface area contributed by atoms with Crippen molar-refractivity contribution in [2.45, 2.75) is 12.8 Å². The third kappa shape index (κ3) is 2.13. The van der Waals surface area contributed by atoms with E-state index >= 15 is 0 Å². The number of nitrogens with zero attached hydrogens (tertiary/aromatic N) is 3. The van der Waals surface area contributed by atoms with E-state index in [2.05, 4.69) is 39.1 Å². The van der Waals surface area contributed by atoms with Gasteiger partial charge >= 0.3 is 0 Å². The smallest absolute Gasteiger partial charge is 0.159 e. The van der Waals surface area contributed by atoms with Gasteiger partial charge in [-0.25, -0.2) is 9.97 Å². The SMILES string of the molecule is c1cnc(-c2cccc(N3CCCC3)c2)nc1. The molecule has 1 saturated heterocycles. The van der Waals surface area contributed by atoms with Crippen LogP contribution in [0.4, 0.5) is 5.69 Å². The lowest BCUT2D eigenvalue weighted by Gasteiger charge is -2.18. The summed E-state index contributed by atoms with van der Waals surface area (Å²) in [6, 6.07) is 10.3. The molecule has 1 aliphatic heterocycles. The normalized spacial score (nSPS) is 15.2. The van der Waals surface area contributed by atoms with Gasteiger partial charge in [-0.3, -0.25) is 0 Å². The minimum Gasteiger partial charge on any atom is -0.372 e. The van der Waals surface area contributed by atoms with Crippen LogP contribution in [0.25, 0.3) is 11.4 Å². The molecular formula is C14H15N3. The third-order valence-electron chi connectivity index (χ3n) is 3.14. The molecule has 17 heavy (non-hydrogen) atoms. The second-order valence-electron chi connectivity index (χ2n) is 4.32. The molecule has 1 fully saturated rings. The molecular weight excluding hydrogens is 210 g/mol. The van der Waals surface area contributed by atoms with Gasteiger partial charge in [0.1, 0.15) is 0 Å². The summed E-state index contributed by atoms with van der Waals surface area (Å²) in [7, 11) is 0. The zero-order valence-electron chi connectivity index (χ0n) is 9.71. The van der Waals surface area contributed by atoms with Crippen LogP contribution in [0.15, 0.2) is 42.7 Å². The van der Waals surface area contributed by atoms with Crippen molar-refractivity contribution >= 4 is 5.69 Å². The summed E-state index contributed by atoms with van der Waals surface area (Å²) >= 11 is 0. The largest absolute Gasteiger partial charge is 0.372 e. The fraction of sp³-hybridized carbons (Fsp3) is 0.286. The van der Waals surface area contributed by atoms with E-state index in [-0.39, 0.29) is 0 Å². The zero-order valence-corrected chi connectivity index (χ0v) is 9.71. The fourth-order valence-corrected chi connectivity index (χ4v) is 2.27. The Hall–Kier alpha value is -1.90. The highest BCUT2D eigenvalue weighted by Gasteiger charge is 2.12. The van der Waals surface area contributed by atoms with Gasteiger partial charge in [0.25, 0.3) is 0 Å². The molecule has 0 unspecified atom stereocenters. The fourth-order valence-electron chi connectivity index (χ4n) is 2.27. The summed E-state index contributed by atoms with van der Waals surface area (Å²) in [5, 5.41) is 0. The van der Waals surface area contributed by atoms with Gasteiger partial charge in [-0.1, -0.05) is 12.1 Å². The quantitative estimate of drug-likeness (QED) is 0.787. The molecule has 1 aromatic carbocycles. The average molecular weight is 225 g/mol. The topological polar surface area (TPSA) is 29.0 Å². The predicted molar refractivity (Wildman–Crippen MR) is 68.9 cm³/mol. The first-order chi connectivity index (χ1) is 8.43. The van der Waals surface area contributed by atoms with Gasteiger partial charge in [-0.05, 0) is 31.0 Å². The van der Waals surface area contributed by atoms with Gasteiger partial charge < -0.3 is 4.90 Å². The number of benzene rings is 1. The maximum Gasteiger partial charge on any atom is 0.159 e. The number of rotatable bonds is 2. The molecule has 0 aliphatic carbocycles. The maximum absolute atomic E-state index is 4.29. The molecule has 0 amide bonds. The van der Waals surface area contributed by atoms with Gasteiger partial charge in [-0.15, -0.1) is 0 Å². The Kier molecular flexibility index (Phi) is 2.74. The summed E-state index contributed by atoms with van der Waals surface area (Å²) in [4.78, 5) is 11.0. The third-order valence-corrected chi connectivity index (χ3v) is 3.14. The van der Waals surface area contributed by atoms with Gasteiger partial charge in [0, 0.05) is 36.7 Å². The summed E-state index contributed by atoms with van der Waals surface area (Å²) in [5.41, 5.74) is 2.38. The number of anilines is 1.